The molecule has 3 aromatic heterocycles. The summed E-state index contributed by atoms with van der Waals surface area (Å²) in [6.45, 7) is 10.1. The summed E-state index contributed by atoms with van der Waals surface area (Å²) in [4.78, 5) is 47.7. The van der Waals surface area contributed by atoms with Crippen molar-refractivity contribution in [2.45, 2.75) is 122 Å². The molecule has 2 unspecified atom stereocenters. The van der Waals surface area contributed by atoms with Crippen molar-refractivity contribution in [1.29, 1.82) is 0 Å². The van der Waals surface area contributed by atoms with Crippen LogP contribution in [0.3, 0.4) is 0 Å². The average molecular weight is 1150 g/mol. The van der Waals surface area contributed by atoms with Gasteiger partial charge in [0, 0.05) is 68.3 Å². The summed E-state index contributed by atoms with van der Waals surface area (Å²) in [5.74, 6) is -1.91. The van der Waals surface area contributed by atoms with Gasteiger partial charge in [0.25, 0.3) is 0 Å². The number of amides is 2. The number of anilines is 1. The summed E-state index contributed by atoms with van der Waals surface area (Å²) in [5.41, 5.74) is 4.64. The Hall–Kier alpha value is -8.20. The van der Waals surface area contributed by atoms with E-state index in [-0.39, 0.29) is 66.8 Å². The van der Waals surface area contributed by atoms with E-state index in [0.29, 0.717) is 105 Å². The summed E-state index contributed by atoms with van der Waals surface area (Å²) in [6, 6.07) is 22.4. The lowest BCUT2D eigenvalue weighted by Crippen LogP contribution is -2.54. The second-order valence-electron chi connectivity index (χ2n) is 22.9. The van der Waals surface area contributed by atoms with Gasteiger partial charge in [-0.05, 0) is 102 Å². The summed E-state index contributed by atoms with van der Waals surface area (Å²) in [5, 5.41) is 39.7. The number of hydrogen-bond acceptors (Lipinski definition) is 14. The summed E-state index contributed by atoms with van der Waals surface area (Å²) < 4.78 is 65.6. The zero-order valence-electron chi connectivity index (χ0n) is 47.3. The number of carbonyl (C=O) groups excluding carboxylic acids is 2. The lowest BCUT2D eigenvalue weighted by Gasteiger charge is -2.39. The van der Waals surface area contributed by atoms with Gasteiger partial charge in [-0.1, -0.05) is 86.6 Å². The first-order valence-electron chi connectivity index (χ1n) is 29.1. The first-order chi connectivity index (χ1) is 40.7. The normalized spacial score (nSPS) is 19.9. The van der Waals surface area contributed by atoms with Gasteiger partial charge in [-0.15, -0.1) is 5.10 Å². The minimum atomic E-state index is -0.980. The second-order valence-corrected chi connectivity index (χ2v) is 22.9. The number of phenols is 1. The number of aromatic nitrogens is 6. The Morgan fingerprint density at radius 3 is 2.40 bits per heavy atom. The minimum absolute atomic E-state index is 0.0203. The van der Waals surface area contributed by atoms with E-state index in [4.69, 9.17) is 29.2 Å². The summed E-state index contributed by atoms with van der Waals surface area (Å²) in [6.07, 6.45) is 7.24. The van der Waals surface area contributed by atoms with Crippen molar-refractivity contribution < 1.29 is 47.2 Å². The number of pyridine rings is 1. The maximum Gasteiger partial charge on any atom is 0.319 e. The molecule has 0 spiro atoms. The lowest BCUT2D eigenvalue weighted by atomic mass is 9.94. The van der Waals surface area contributed by atoms with E-state index in [9.17, 15) is 28.6 Å². The molecule has 5 fully saturated rings. The fourth-order valence-corrected chi connectivity index (χ4v) is 12.5. The highest BCUT2D eigenvalue weighted by Crippen LogP contribution is 2.45. The van der Waals surface area contributed by atoms with Crippen molar-refractivity contribution in [3.8, 4) is 51.2 Å². The summed E-state index contributed by atoms with van der Waals surface area (Å²) >= 11 is 0. The first kappa shape index (κ1) is 56.3. The molecular weight excluding hydrogens is 1080 g/mol. The molecule has 436 valence electrons. The maximum absolute atomic E-state index is 15.8. The molecule has 8 heterocycles. The van der Waals surface area contributed by atoms with Crippen LogP contribution in [0.5, 0.6) is 17.5 Å². The topological polar surface area (TPSA) is 202 Å². The second kappa shape index (κ2) is 23.8. The maximum atomic E-state index is 15.8. The number of hydrogen-bond donors (Lipinski definition) is 4. The lowest BCUT2D eigenvalue weighted by molar-refractivity contribution is -0.142. The van der Waals surface area contributed by atoms with E-state index in [0.717, 1.165) is 37.9 Å². The van der Waals surface area contributed by atoms with Crippen LogP contribution < -0.4 is 25.0 Å². The standard InChI is InChI=1S/C64H67F3N10O7/c1-5-47-50(65)21-20-41-26-44(78)27-48(55(41)47)57-60(58-49(30-69-57)61(75-31-42-8-6-9-43(75)29-68-42)72-64(71-58)84-46-22-24-82-25-23-46)83-34-37-12-14-39(15-13-37)53-33-77(74-73-53)59(35(2)3)63(81)76-32-45(79)28-54(76)62(80)70-36(4)38-16-18-40(19-17-38)56-51(66)10-7-11-52(56)67/h7,10-21,26-27,30,33,35-36,42-43,45-46,54,59,68,78-79H,5-6,8-9,22-25,28-29,31-32,34H2,1-4H3,(H,70,80)/t36-,42?,43?,45+,54-,59-/m0/s1. The van der Waals surface area contributed by atoms with Gasteiger partial charge in [0.2, 0.25) is 11.8 Å². The number of fused-ring (bicyclic) bond motifs is 6. The van der Waals surface area contributed by atoms with Gasteiger partial charge in [-0.2, -0.15) is 9.97 Å². The predicted octanol–water partition coefficient (Wildman–Crippen LogP) is 9.96. The van der Waals surface area contributed by atoms with Crippen LogP contribution in [0.2, 0.25) is 0 Å². The molecule has 84 heavy (non-hydrogen) atoms. The number of halogens is 3. The monoisotopic (exact) mass is 1140 g/mol. The van der Waals surface area contributed by atoms with Crippen LogP contribution in [0, 0.1) is 23.4 Å². The number of β-amino-alcohol motifs (C(OH)–C–C–N with tert-alkyl or cyclic N) is 1. The molecule has 5 saturated heterocycles. The van der Waals surface area contributed by atoms with Crippen LogP contribution in [0.15, 0.2) is 103 Å². The average Bonchev–Trinajstić information content (AvgIpc) is 4.22. The van der Waals surface area contributed by atoms with Gasteiger partial charge < -0.3 is 44.9 Å². The number of aliphatic hydroxyl groups excluding tert-OH is 1. The van der Waals surface area contributed by atoms with Crippen molar-refractivity contribution in [3.05, 3.63) is 138 Å². The number of aromatic hydroxyl groups is 1. The minimum Gasteiger partial charge on any atom is -0.508 e. The van der Waals surface area contributed by atoms with Crippen molar-refractivity contribution in [1.82, 2.24) is 45.5 Å². The number of carbonyl (C=O) groups is 2. The number of likely N-dealkylation sites (tertiary alicyclic amines) is 1. The molecule has 13 rings (SSSR count). The van der Waals surface area contributed by atoms with E-state index in [2.05, 4.69) is 25.8 Å². The van der Waals surface area contributed by atoms with Crippen LogP contribution in [-0.2, 0) is 27.4 Å². The third-order valence-electron chi connectivity index (χ3n) is 16.9. The Morgan fingerprint density at radius 1 is 0.893 bits per heavy atom. The Bertz CT molecular complexity index is 3720. The third kappa shape index (κ3) is 11.2. The summed E-state index contributed by atoms with van der Waals surface area (Å²) in [7, 11) is 0. The molecule has 20 heteroatoms. The molecule has 0 radical (unpaired) electrons. The Kier molecular flexibility index (Phi) is 16.0. The van der Waals surface area contributed by atoms with Crippen molar-refractivity contribution in [2.75, 3.05) is 37.7 Å². The van der Waals surface area contributed by atoms with Gasteiger partial charge in [-0.25, -0.2) is 17.9 Å². The number of benzene rings is 5. The van der Waals surface area contributed by atoms with Crippen LogP contribution >= 0.6 is 0 Å². The quantitative estimate of drug-likeness (QED) is 0.0712. The van der Waals surface area contributed by atoms with Gasteiger partial charge in [0.05, 0.1) is 42.5 Å². The highest BCUT2D eigenvalue weighted by molar-refractivity contribution is 6.04. The molecule has 0 aliphatic carbocycles. The third-order valence-corrected chi connectivity index (χ3v) is 16.9. The van der Waals surface area contributed by atoms with E-state index < -0.39 is 47.7 Å². The van der Waals surface area contributed by atoms with Crippen molar-refractivity contribution in [3.63, 3.8) is 0 Å². The highest BCUT2D eigenvalue weighted by Gasteiger charge is 2.43. The molecule has 5 aliphatic rings. The van der Waals surface area contributed by atoms with E-state index in [1.54, 1.807) is 61.8 Å². The number of nitrogens with zero attached hydrogens (tertiary/aromatic N) is 8. The number of rotatable bonds is 16. The van der Waals surface area contributed by atoms with E-state index in [1.165, 1.54) is 33.8 Å². The Labute approximate surface area is 484 Å². The smallest absolute Gasteiger partial charge is 0.319 e. The zero-order valence-corrected chi connectivity index (χ0v) is 47.3. The molecule has 0 saturated carbocycles. The number of aliphatic hydroxyl groups is 1. The van der Waals surface area contributed by atoms with Crippen LogP contribution in [-0.4, -0.2) is 120 Å². The molecule has 8 aromatic rings. The molecule has 4 N–H and O–H groups in total. The first-order valence-corrected chi connectivity index (χ1v) is 29.1. The number of piperazine rings is 1. The highest BCUT2D eigenvalue weighted by atomic mass is 19.1. The largest absolute Gasteiger partial charge is 0.508 e. The molecular formula is C64H67F3N10O7. The van der Waals surface area contributed by atoms with Crippen molar-refractivity contribution in [2.24, 2.45) is 5.92 Å². The molecule has 2 amide bonds. The fraction of sp³-hybridized carbons (Fsp3) is 0.391. The zero-order chi connectivity index (χ0) is 58.3. The van der Waals surface area contributed by atoms with Crippen molar-refractivity contribution >= 4 is 39.3 Å². The number of nitrogens with one attached hydrogen (secondary N) is 2. The molecule has 6 atom stereocenters. The number of phenolic OH excluding ortho intramolecular Hbond substituents is 1. The van der Waals surface area contributed by atoms with E-state index >= 15 is 4.39 Å². The van der Waals surface area contributed by atoms with Crippen LogP contribution in [0.1, 0.15) is 95.0 Å². The van der Waals surface area contributed by atoms with Gasteiger partial charge in [-0.3, -0.25) is 14.6 Å². The molecule has 5 aliphatic heterocycles. The molecule has 2 bridgehead atoms. The molecule has 5 aromatic carbocycles. The van der Waals surface area contributed by atoms with Gasteiger partial charge in [0.1, 0.15) is 70.7 Å². The fourth-order valence-electron chi connectivity index (χ4n) is 12.5. The number of ether oxygens (including phenoxy) is 3. The predicted molar refractivity (Wildman–Crippen MR) is 311 cm³/mol. The number of aryl methyl sites for hydroxylation is 1. The van der Waals surface area contributed by atoms with E-state index in [1.807, 2.05) is 45.0 Å². The van der Waals surface area contributed by atoms with Crippen LogP contribution in [0.4, 0.5) is 19.0 Å². The van der Waals surface area contributed by atoms with Gasteiger partial charge in [0.15, 0.2) is 5.75 Å². The Morgan fingerprint density at radius 2 is 1.65 bits per heavy atom. The molecule has 17 nitrogen and oxygen atoms in total. The SMILES string of the molecule is CCc1c(F)ccc2cc(O)cc(-c3ncc4c(N5CC6CCCC5CN6)nc(OC5CCOCC5)nc4c3OCc3ccc(-c4cn([C@H](C(=O)N5C[C@H](O)C[C@H]5C(=O)N[C@@H](C)c5ccc(-c6c(F)cccc6F)cc5)C(C)C)nn4)cc3)c12. The van der Waals surface area contributed by atoms with Gasteiger partial charge >= 0.3 is 6.01 Å². The Balaban J connectivity index is 0.819. The van der Waals surface area contributed by atoms with Crippen LogP contribution in [0.25, 0.3) is 55.3 Å².